The quantitative estimate of drug-likeness (QED) is 0.400. The van der Waals surface area contributed by atoms with E-state index in [9.17, 15) is 19.5 Å². The average molecular weight is 435 g/mol. The second kappa shape index (κ2) is 10.2. The second-order valence-electron chi connectivity index (χ2n) is 6.35. The van der Waals surface area contributed by atoms with Crippen molar-refractivity contribution in [3.8, 4) is 0 Å². The molecule has 0 bridgehead atoms. The van der Waals surface area contributed by atoms with E-state index in [0.717, 1.165) is 0 Å². The fraction of sp³-hybridized carbons (Fsp3) is 0.286. The molecule has 9 heteroatoms. The average Bonchev–Trinajstić information content (AvgIpc) is 3.07. The number of benzene rings is 2. The van der Waals surface area contributed by atoms with E-state index in [2.05, 4.69) is 0 Å². The standard InChI is InChI=1S/C21H19ClO8/c22-11-16(23)29-18-17(30-20(25)14-9-5-2-6-10-14)15(28-21(18)26)12-27-19(24)13-7-3-1-4-8-13/h1-10,15,17-18,21,26H,11-12H2/t15-,17-,18+,21-/m1/s1. The number of halogens is 1. The Morgan fingerprint density at radius 3 is 2.00 bits per heavy atom. The third-order valence-electron chi connectivity index (χ3n) is 4.30. The molecule has 0 amide bonds. The summed E-state index contributed by atoms with van der Waals surface area (Å²) < 4.78 is 21.1. The SMILES string of the molecule is O=C(CCl)O[C@H]1[C@H](OC(=O)c2ccccc2)[C@@H](COC(=O)c2ccccc2)O[C@H]1O. The number of aliphatic hydroxyl groups is 1. The van der Waals surface area contributed by atoms with Crippen LogP contribution >= 0.6 is 11.6 Å². The predicted octanol–water partition coefficient (Wildman–Crippen LogP) is 1.94. The van der Waals surface area contributed by atoms with E-state index in [1.165, 1.54) is 0 Å². The third-order valence-corrected chi connectivity index (χ3v) is 4.52. The first-order valence-corrected chi connectivity index (χ1v) is 9.60. The Balaban J connectivity index is 1.73. The van der Waals surface area contributed by atoms with Gasteiger partial charge in [-0.15, -0.1) is 11.6 Å². The second-order valence-corrected chi connectivity index (χ2v) is 6.62. The lowest BCUT2D eigenvalue weighted by Crippen LogP contribution is -2.42. The number of alkyl halides is 1. The number of rotatable bonds is 7. The minimum absolute atomic E-state index is 0.251. The Hall–Kier alpha value is -2.94. The Kier molecular flexibility index (Phi) is 7.40. The summed E-state index contributed by atoms with van der Waals surface area (Å²) in [5, 5.41) is 10.2. The number of hydrogen-bond donors (Lipinski definition) is 1. The summed E-state index contributed by atoms with van der Waals surface area (Å²) in [5.41, 5.74) is 0.570. The minimum Gasteiger partial charge on any atom is -0.459 e. The van der Waals surface area contributed by atoms with Crippen molar-refractivity contribution in [3.63, 3.8) is 0 Å². The van der Waals surface area contributed by atoms with Gasteiger partial charge in [-0.1, -0.05) is 36.4 Å². The van der Waals surface area contributed by atoms with Crippen LogP contribution in [0.15, 0.2) is 60.7 Å². The van der Waals surface area contributed by atoms with Gasteiger partial charge in [-0.3, -0.25) is 4.79 Å². The fourth-order valence-electron chi connectivity index (χ4n) is 2.87. The molecular weight excluding hydrogens is 416 g/mol. The molecule has 2 aromatic carbocycles. The van der Waals surface area contributed by atoms with Crippen molar-refractivity contribution in [2.45, 2.75) is 24.6 Å². The van der Waals surface area contributed by atoms with Gasteiger partial charge < -0.3 is 24.1 Å². The number of hydrogen-bond acceptors (Lipinski definition) is 8. The Bertz CT molecular complexity index is 873. The Morgan fingerprint density at radius 2 is 1.43 bits per heavy atom. The molecule has 30 heavy (non-hydrogen) atoms. The summed E-state index contributed by atoms with van der Waals surface area (Å²) >= 11 is 5.46. The maximum Gasteiger partial charge on any atom is 0.338 e. The van der Waals surface area contributed by atoms with Crippen molar-refractivity contribution in [3.05, 3.63) is 71.8 Å². The van der Waals surface area contributed by atoms with Gasteiger partial charge in [0.25, 0.3) is 0 Å². The highest BCUT2D eigenvalue weighted by atomic mass is 35.5. The largest absolute Gasteiger partial charge is 0.459 e. The van der Waals surface area contributed by atoms with Crippen molar-refractivity contribution >= 4 is 29.5 Å². The van der Waals surface area contributed by atoms with Crippen LogP contribution in [0.3, 0.4) is 0 Å². The number of carbonyl (C=O) groups is 3. The monoisotopic (exact) mass is 434 g/mol. The van der Waals surface area contributed by atoms with E-state index in [1.807, 2.05) is 0 Å². The summed E-state index contributed by atoms with van der Waals surface area (Å²) in [6.07, 6.45) is -5.20. The number of ether oxygens (including phenoxy) is 4. The number of aliphatic hydroxyl groups excluding tert-OH is 1. The Labute approximate surface area is 177 Å². The van der Waals surface area contributed by atoms with Crippen LogP contribution in [0.5, 0.6) is 0 Å². The molecule has 0 radical (unpaired) electrons. The zero-order chi connectivity index (χ0) is 21.5. The first kappa shape index (κ1) is 21.8. The van der Waals surface area contributed by atoms with Crippen molar-refractivity contribution in [1.82, 2.24) is 0 Å². The van der Waals surface area contributed by atoms with E-state index in [4.69, 9.17) is 30.5 Å². The molecule has 1 saturated heterocycles. The zero-order valence-electron chi connectivity index (χ0n) is 15.7. The predicted molar refractivity (Wildman–Crippen MR) is 104 cm³/mol. The zero-order valence-corrected chi connectivity index (χ0v) is 16.4. The lowest BCUT2D eigenvalue weighted by molar-refractivity contribution is -0.170. The van der Waals surface area contributed by atoms with Crippen molar-refractivity contribution < 1.29 is 38.4 Å². The maximum atomic E-state index is 12.5. The van der Waals surface area contributed by atoms with Crippen molar-refractivity contribution in [2.24, 2.45) is 0 Å². The third kappa shape index (κ3) is 5.35. The molecule has 8 nitrogen and oxygen atoms in total. The lowest BCUT2D eigenvalue weighted by atomic mass is 10.1. The number of esters is 3. The van der Waals surface area contributed by atoms with Gasteiger partial charge in [-0.25, -0.2) is 9.59 Å². The molecule has 0 saturated carbocycles. The molecule has 0 spiro atoms. The maximum absolute atomic E-state index is 12.5. The molecule has 4 atom stereocenters. The van der Waals surface area contributed by atoms with Gasteiger partial charge in [0.1, 0.15) is 18.6 Å². The summed E-state index contributed by atoms with van der Waals surface area (Å²) in [7, 11) is 0. The highest BCUT2D eigenvalue weighted by Gasteiger charge is 2.49. The fourth-order valence-corrected chi connectivity index (χ4v) is 2.94. The van der Waals surface area contributed by atoms with E-state index < -0.39 is 48.4 Å². The van der Waals surface area contributed by atoms with Crippen LogP contribution in [0.2, 0.25) is 0 Å². The normalized spacial score (nSPS) is 22.9. The van der Waals surface area contributed by atoms with E-state index in [1.54, 1.807) is 60.7 Å². The summed E-state index contributed by atoms with van der Waals surface area (Å²) in [5.74, 6) is -2.63. The van der Waals surface area contributed by atoms with Gasteiger partial charge in [0.05, 0.1) is 11.1 Å². The van der Waals surface area contributed by atoms with Gasteiger partial charge in [0, 0.05) is 0 Å². The van der Waals surface area contributed by atoms with Crippen LogP contribution in [0, 0.1) is 0 Å². The molecule has 2 aromatic rings. The van der Waals surface area contributed by atoms with Crippen LogP contribution in [0.4, 0.5) is 0 Å². The highest BCUT2D eigenvalue weighted by molar-refractivity contribution is 6.26. The summed E-state index contributed by atoms with van der Waals surface area (Å²) in [6.45, 7) is -0.341. The van der Waals surface area contributed by atoms with Crippen LogP contribution in [-0.2, 0) is 23.7 Å². The van der Waals surface area contributed by atoms with Crippen molar-refractivity contribution in [1.29, 1.82) is 0 Å². The minimum atomic E-state index is -1.59. The molecule has 0 aromatic heterocycles. The van der Waals surface area contributed by atoms with E-state index in [-0.39, 0.29) is 12.2 Å². The van der Waals surface area contributed by atoms with E-state index >= 15 is 0 Å². The topological polar surface area (TPSA) is 108 Å². The molecule has 1 aliphatic rings. The van der Waals surface area contributed by atoms with Gasteiger partial charge in [0.15, 0.2) is 18.5 Å². The first-order valence-electron chi connectivity index (χ1n) is 9.06. The van der Waals surface area contributed by atoms with Crippen LogP contribution in [0.1, 0.15) is 20.7 Å². The number of carbonyl (C=O) groups excluding carboxylic acids is 3. The van der Waals surface area contributed by atoms with E-state index in [0.29, 0.717) is 5.56 Å². The lowest BCUT2D eigenvalue weighted by Gasteiger charge is -2.23. The molecule has 158 valence electrons. The van der Waals surface area contributed by atoms with Crippen LogP contribution < -0.4 is 0 Å². The Morgan fingerprint density at radius 1 is 0.867 bits per heavy atom. The van der Waals surface area contributed by atoms with Gasteiger partial charge in [0.2, 0.25) is 0 Å². The molecule has 1 N–H and O–H groups in total. The van der Waals surface area contributed by atoms with Crippen LogP contribution in [0.25, 0.3) is 0 Å². The first-order chi connectivity index (χ1) is 14.5. The molecule has 0 aliphatic carbocycles. The molecule has 1 fully saturated rings. The molecule has 3 rings (SSSR count). The highest BCUT2D eigenvalue weighted by Crippen LogP contribution is 2.27. The summed E-state index contributed by atoms with van der Waals surface area (Å²) in [4.78, 5) is 36.3. The van der Waals surface area contributed by atoms with Gasteiger partial charge in [-0.2, -0.15) is 0 Å². The molecular formula is C21H19ClO8. The van der Waals surface area contributed by atoms with Crippen molar-refractivity contribution in [2.75, 3.05) is 12.5 Å². The molecule has 1 heterocycles. The summed E-state index contributed by atoms with van der Waals surface area (Å²) in [6, 6.07) is 16.4. The molecule has 0 unspecified atom stereocenters. The molecule has 1 aliphatic heterocycles. The van der Waals surface area contributed by atoms with Gasteiger partial charge in [-0.05, 0) is 24.3 Å². The van der Waals surface area contributed by atoms with Crippen LogP contribution in [-0.4, -0.2) is 60.1 Å². The smallest absolute Gasteiger partial charge is 0.338 e. The van der Waals surface area contributed by atoms with Gasteiger partial charge >= 0.3 is 17.9 Å².